The molecule has 0 aliphatic rings. The van der Waals surface area contributed by atoms with Crippen LogP contribution in [0.4, 0.5) is 0 Å². The van der Waals surface area contributed by atoms with Crippen molar-refractivity contribution >= 4 is 11.9 Å². The van der Waals surface area contributed by atoms with Crippen LogP contribution in [0.5, 0.6) is 0 Å². The molecular formula is C38H75NO3. The normalized spacial score (nSPS) is 11.2. The molecule has 0 aromatic heterocycles. The zero-order chi connectivity index (χ0) is 30.8. The van der Waals surface area contributed by atoms with Crippen LogP contribution >= 0.6 is 0 Å². The van der Waals surface area contributed by atoms with E-state index in [2.05, 4.69) is 20.8 Å². The highest BCUT2D eigenvalue weighted by atomic mass is 16.5. The molecule has 4 heteroatoms. The van der Waals surface area contributed by atoms with Gasteiger partial charge in [0.25, 0.3) is 0 Å². The van der Waals surface area contributed by atoms with Gasteiger partial charge in [-0.15, -0.1) is 0 Å². The molecule has 0 heterocycles. The molecule has 42 heavy (non-hydrogen) atoms. The molecule has 0 saturated heterocycles. The van der Waals surface area contributed by atoms with Crippen molar-refractivity contribution in [1.29, 1.82) is 0 Å². The van der Waals surface area contributed by atoms with E-state index in [1.807, 2.05) is 4.90 Å². The summed E-state index contributed by atoms with van der Waals surface area (Å²) in [5.74, 6) is 0.303. The average molecular weight is 594 g/mol. The SMILES string of the molecule is CCCCCCCCCCCCCCCCCC(=O)OCCCCCCN(CC)C(=O)CCCCCCCCCCC. The van der Waals surface area contributed by atoms with Gasteiger partial charge in [-0.2, -0.15) is 0 Å². The quantitative estimate of drug-likeness (QED) is 0.0550. The Hall–Kier alpha value is -1.06. The zero-order valence-corrected chi connectivity index (χ0v) is 29.0. The Morgan fingerprint density at radius 1 is 0.429 bits per heavy atom. The van der Waals surface area contributed by atoms with E-state index in [9.17, 15) is 9.59 Å². The van der Waals surface area contributed by atoms with Gasteiger partial charge in [-0.3, -0.25) is 9.59 Å². The number of unbranched alkanes of at least 4 members (excludes halogenated alkanes) is 25. The van der Waals surface area contributed by atoms with E-state index in [0.717, 1.165) is 58.0 Å². The van der Waals surface area contributed by atoms with Crippen LogP contribution in [0.25, 0.3) is 0 Å². The maximum absolute atomic E-state index is 12.5. The molecule has 0 saturated carbocycles. The van der Waals surface area contributed by atoms with Gasteiger partial charge < -0.3 is 9.64 Å². The van der Waals surface area contributed by atoms with E-state index in [-0.39, 0.29) is 5.97 Å². The van der Waals surface area contributed by atoms with Gasteiger partial charge in [-0.1, -0.05) is 162 Å². The maximum Gasteiger partial charge on any atom is 0.305 e. The van der Waals surface area contributed by atoms with Gasteiger partial charge in [0, 0.05) is 25.9 Å². The Kier molecular flexibility index (Phi) is 33.6. The predicted octanol–water partition coefficient (Wildman–Crippen LogP) is 12.1. The number of hydrogen-bond donors (Lipinski definition) is 0. The summed E-state index contributed by atoms with van der Waals surface area (Å²) in [5.41, 5.74) is 0. The summed E-state index contributed by atoms with van der Waals surface area (Å²) in [6.07, 6.45) is 37.2. The Balaban J connectivity index is 3.44. The second-order valence-electron chi connectivity index (χ2n) is 12.9. The highest BCUT2D eigenvalue weighted by Gasteiger charge is 2.10. The lowest BCUT2D eigenvalue weighted by Crippen LogP contribution is -2.31. The van der Waals surface area contributed by atoms with Gasteiger partial charge in [0.05, 0.1) is 6.61 Å². The van der Waals surface area contributed by atoms with Gasteiger partial charge in [0.15, 0.2) is 0 Å². The van der Waals surface area contributed by atoms with Crippen molar-refractivity contribution in [3.05, 3.63) is 0 Å². The third kappa shape index (κ3) is 30.4. The summed E-state index contributed by atoms with van der Waals surface area (Å²) in [7, 11) is 0. The fourth-order valence-corrected chi connectivity index (χ4v) is 5.86. The van der Waals surface area contributed by atoms with Crippen molar-refractivity contribution in [3.8, 4) is 0 Å². The summed E-state index contributed by atoms with van der Waals surface area (Å²) in [6.45, 7) is 8.86. The van der Waals surface area contributed by atoms with Crippen molar-refractivity contribution in [3.63, 3.8) is 0 Å². The van der Waals surface area contributed by atoms with Crippen molar-refractivity contribution in [1.82, 2.24) is 4.90 Å². The molecule has 0 radical (unpaired) electrons. The number of carbonyl (C=O) groups is 2. The van der Waals surface area contributed by atoms with E-state index in [4.69, 9.17) is 4.74 Å². The van der Waals surface area contributed by atoms with Crippen LogP contribution in [0.15, 0.2) is 0 Å². The molecule has 0 rings (SSSR count). The highest BCUT2D eigenvalue weighted by Crippen LogP contribution is 2.15. The first-order chi connectivity index (χ1) is 20.7. The summed E-state index contributed by atoms with van der Waals surface area (Å²) >= 11 is 0. The molecule has 0 bridgehead atoms. The monoisotopic (exact) mass is 594 g/mol. The van der Waals surface area contributed by atoms with E-state index in [1.165, 1.54) is 135 Å². The molecule has 250 valence electrons. The molecule has 0 unspecified atom stereocenters. The largest absolute Gasteiger partial charge is 0.466 e. The van der Waals surface area contributed by atoms with E-state index in [0.29, 0.717) is 25.4 Å². The van der Waals surface area contributed by atoms with Crippen molar-refractivity contribution in [2.45, 2.75) is 213 Å². The Morgan fingerprint density at radius 3 is 1.21 bits per heavy atom. The number of ether oxygens (including phenoxy) is 1. The molecule has 0 atom stereocenters. The lowest BCUT2D eigenvalue weighted by molar-refractivity contribution is -0.144. The summed E-state index contributed by atoms with van der Waals surface area (Å²) in [6, 6.07) is 0. The number of rotatable bonds is 34. The first kappa shape index (κ1) is 40.9. The highest BCUT2D eigenvalue weighted by molar-refractivity contribution is 5.76. The van der Waals surface area contributed by atoms with Gasteiger partial charge in [-0.05, 0) is 39.0 Å². The van der Waals surface area contributed by atoms with Crippen molar-refractivity contribution in [2.24, 2.45) is 0 Å². The molecule has 0 fully saturated rings. The predicted molar refractivity (Wildman–Crippen MR) is 183 cm³/mol. The van der Waals surface area contributed by atoms with Crippen LogP contribution < -0.4 is 0 Å². The van der Waals surface area contributed by atoms with Crippen molar-refractivity contribution < 1.29 is 14.3 Å². The number of esters is 1. The summed E-state index contributed by atoms with van der Waals surface area (Å²) < 4.78 is 5.44. The van der Waals surface area contributed by atoms with Crippen LogP contribution in [-0.4, -0.2) is 36.5 Å². The van der Waals surface area contributed by atoms with Crippen LogP contribution in [-0.2, 0) is 14.3 Å². The molecular weight excluding hydrogens is 518 g/mol. The van der Waals surface area contributed by atoms with Gasteiger partial charge in [-0.25, -0.2) is 0 Å². The lowest BCUT2D eigenvalue weighted by atomic mass is 10.0. The maximum atomic E-state index is 12.5. The number of nitrogens with zero attached hydrogens (tertiary/aromatic N) is 1. The van der Waals surface area contributed by atoms with Crippen LogP contribution in [0.3, 0.4) is 0 Å². The smallest absolute Gasteiger partial charge is 0.305 e. The molecule has 4 nitrogen and oxygen atoms in total. The lowest BCUT2D eigenvalue weighted by Gasteiger charge is -2.21. The average Bonchev–Trinajstić information content (AvgIpc) is 2.99. The first-order valence-corrected chi connectivity index (χ1v) is 19.1. The third-order valence-electron chi connectivity index (χ3n) is 8.80. The minimum Gasteiger partial charge on any atom is -0.466 e. The third-order valence-corrected chi connectivity index (χ3v) is 8.80. The number of carbonyl (C=O) groups excluding carboxylic acids is 2. The molecule has 0 aromatic carbocycles. The van der Waals surface area contributed by atoms with E-state index < -0.39 is 0 Å². The standard InChI is InChI=1S/C38H75NO3/c1-4-7-9-11-13-15-16-17-18-19-20-22-24-26-30-34-38(41)42-36-32-28-27-31-35-39(6-3)37(40)33-29-25-23-21-14-12-10-8-5-2/h4-36H2,1-3H3. The van der Waals surface area contributed by atoms with Crippen LogP contribution in [0.2, 0.25) is 0 Å². The molecule has 1 amide bonds. The summed E-state index contributed by atoms with van der Waals surface area (Å²) in [5, 5.41) is 0. The second-order valence-corrected chi connectivity index (χ2v) is 12.9. The van der Waals surface area contributed by atoms with Gasteiger partial charge in [0.1, 0.15) is 0 Å². The Bertz CT molecular complexity index is 565. The topological polar surface area (TPSA) is 46.6 Å². The fraction of sp³-hybridized carbons (Fsp3) is 0.947. The van der Waals surface area contributed by atoms with Gasteiger partial charge in [0.2, 0.25) is 5.91 Å². The van der Waals surface area contributed by atoms with Crippen molar-refractivity contribution in [2.75, 3.05) is 19.7 Å². The second kappa shape index (κ2) is 34.4. The Labute approximate surface area is 263 Å². The molecule has 0 aliphatic heterocycles. The number of amides is 1. The minimum atomic E-state index is -0.0241. The molecule has 0 N–H and O–H groups in total. The van der Waals surface area contributed by atoms with E-state index >= 15 is 0 Å². The molecule has 0 spiro atoms. The van der Waals surface area contributed by atoms with Crippen LogP contribution in [0.1, 0.15) is 213 Å². The van der Waals surface area contributed by atoms with Gasteiger partial charge >= 0.3 is 5.97 Å². The first-order valence-electron chi connectivity index (χ1n) is 19.1. The fourth-order valence-electron chi connectivity index (χ4n) is 5.86. The molecule has 0 aromatic rings. The Morgan fingerprint density at radius 2 is 0.786 bits per heavy atom. The summed E-state index contributed by atoms with van der Waals surface area (Å²) in [4.78, 5) is 26.6. The number of hydrogen-bond acceptors (Lipinski definition) is 3. The molecule has 0 aliphatic carbocycles. The zero-order valence-electron chi connectivity index (χ0n) is 29.0. The van der Waals surface area contributed by atoms with Crippen LogP contribution in [0, 0.1) is 0 Å². The van der Waals surface area contributed by atoms with E-state index in [1.54, 1.807) is 0 Å². The minimum absolute atomic E-state index is 0.0241.